The number of pyridine rings is 1. The van der Waals surface area contributed by atoms with Crippen molar-refractivity contribution in [2.24, 2.45) is 5.92 Å². The van der Waals surface area contributed by atoms with Gasteiger partial charge in [-0.15, -0.1) is 0 Å². The van der Waals surface area contributed by atoms with Crippen LogP contribution in [0.3, 0.4) is 0 Å². The summed E-state index contributed by atoms with van der Waals surface area (Å²) in [4.78, 5) is 48.3. The lowest BCUT2D eigenvalue weighted by atomic mass is 10.0. The maximum atomic E-state index is 13.3. The lowest BCUT2D eigenvalue weighted by molar-refractivity contribution is -0.141. The number of hydrogen-bond acceptors (Lipinski definition) is 7. The molecule has 2 bridgehead atoms. The zero-order valence-electron chi connectivity index (χ0n) is 23.3. The van der Waals surface area contributed by atoms with Gasteiger partial charge in [0.05, 0.1) is 25.8 Å². The Bertz CT molecular complexity index is 1420. The van der Waals surface area contributed by atoms with Crippen LogP contribution in [0.4, 0.5) is 13.2 Å². The predicted molar refractivity (Wildman–Crippen MR) is 145 cm³/mol. The summed E-state index contributed by atoms with van der Waals surface area (Å²) in [6.45, 7) is 3.52. The summed E-state index contributed by atoms with van der Waals surface area (Å²) < 4.78 is 52.2. The fraction of sp³-hybridized carbons (Fsp3) is 0.393. The smallest absolute Gasteiger partial charge is 0.433 e. The molecule has 1 atom stereocenters. The number of amides is 3. The minimum absolute atomic E-state index is 0.0879. The topological polar surface area (TPSA) is 128 Å². The van der Waals surface area contributed by atoms with Crippen molar-refractivity contribution in [2.45, 2.75) is 32.6 Å². The fourth-order valence-electron chi connectivity index (χ4n) is 4.40. The second-order valence-electron chi connectivity index (χ2n) is 9.90. The van der Waals surface area contributed by atoms with Crippen LogP contribution in [-0.2, 0) is 22.3 Å². The summed E-state index contributed by atoms with van der Waals surface area (Å²) >= 11 is 0. The zero-order chi connectivity index (χ0) is 30.4. The number of methoxy groups -OCH3 is 1. The predicted octanol–water partition coefficient (Wildman–Crippen LogP) is 2.76. The van der Waals surface area contributed by atoms with Gasteiger partial charge in [-0.05, 0) is 36.2 Å². The Morgan fingerprint density at radius 1 is 1.14 bits per heavy atom. The summed E-state index contributed by atoms with van der Waals surface area (Å²) in [7, 11) is 1.48. The molecule has 42 heavy (non-hydrogen) atoms. The molecule has 1 aromatic carbocycles. The van der Waals surface area contributed by atoms with Crippen LogP contribution < -0.4 is 20.1 Å². The molecule has 3 amide bonds. The second kappa shape index (κ2) is 12.9. The molecule has 0 spiro atoms. The van der Waals surface area contributed by atoms with E-state index in [-0.39, 0.29) is 31.2 Å². The molecule has 2 aromatic heterocycles. The number of imidazole rings is 1. The van der Waals surface area contributed by atoms with Crippen molar-refractivity contribution in [3.63, 3.8) is 0 Å². The fourth-order valence-corrected chi connectivity index (χ4v) is 4.40. The van der Waals surface area contributed by atoms with Gasteiger partial charge in [0.25, 0.3) is 5.91 Å². The van der Waals surface area contributed by atoms with Gasteiger partial charge in [-0.3, -0.25) is 19.4 Å². The van der Waals surface area contributed by atoms with Crippen molar-refractivity contribution < 1.29 is 37.0 Å². The molecule has 0 radical (unpaired) electrons. The average molecular weight is 589 g/mol. The van der Waals surface area contributed by atoms with E-state index in [1.165, 1.54) is 7.11 Å². The first-order chi connectivity index (χ1) is 20.0. The molecule has 3 aromatic rings. The molecule has 11 nitrogen and oxygen atoms in total. The van der Waals surface area contributed by atoms with E-state index in [1.54, 1.807) is 38.4 Å². The molecular weight excluding hydrogens is 557 g/mol. The summed E-state index contributed by atoms with van der Waals surface area (Å²) in [5.41, 5.74) is -0.583. The highest BCUT2D eigenvalue weighted by Crippen LogP contribution is 2.32. The lowest BCUT2D eigenvalue weighted by Crippen LogP contribution is -2.53. The van der Waals surface area contributed by atoms with E-state index in [9.17, 15) is 27.6 Å². The Morgan fingerprint density at radius 3 is 2.60 bits per heavy atom. The van der Waals surface area contributed by atoms with Gasteiger partial charge in [0.2, 0.25) is 11.8 Å². The number of nitrogens with one attached hydrogen (secondary N) is 2. The van der Waals surface area contributed by atoms with E-state index in [2.05, 4.69) is 20.6 Å². The number of rotatable bonds is 3. The van der Waals surface area contributed by atoms with Crippen LogP contribution in [0.15, 0.2) is 48.9 Å². The van der Waals surface area contributed by atoms with Crippen molar-refractivity contribution >= 4 is 17.7 Å². The lowest BCUT2D eigenvalue weighted by Gasteiger charge is -2.26. The van der Waals surface area contributed by atoms with Crippen LogP contribution in [0.2, 0.25) is 0 Å². The van der Waals surface area contributed by atoms with E-state index < -0.39 is 42.2 Å². The molecule has 0 saturated carbocycles. The standard InChI is InChI=1S/C28H31F3N6O5/c1-17(2)24-26(39)33-9-11-36-10-8-32-25(36)18-4-6-20(41-3)21(14-18)42-13-12-37(16-23(38)35-24)27(40)19-5-7-22(34-15-19)28(29,30)31/h4-8,10,14-15,17,24H,9,11-13,16H2,1-3H3,(H,33,39)(H,35,38)/t24-/m1/s1. The average Bonchev–Trinajstić information content (AvgIpc) is 3.42. The van der Waals surface area contributed by atoms with E-state index in [4.69, 9.17) is 9.47 Å². The molecule has 0 saturated heterocycles. The van der Waals surface area contributed by atoms with Crippen molar-refractivity contribution in [1.29, 1.82) is 0 Å². The van der Waals surface area contributed by atoms with E-state index in [0.717, 1.165) is 17.2 Å². The quantitative estimate of drug-likeness (QED) is 0.482. The number of halogens is 3. The minimum atomic E-state index is -4.67. The normalized spacial score (nSPS) is 17.0. The first-order valence-electron chi connectivity index (χ1n) is 13.2. The summed E-state index contributed by atoms with van der Waals surface area (Å²) in [5, 5.41) is 5.51. The Kier molecular flexibility index (Phi) is 9.33. The molecule has 14 heteroatoms. The van der Waals surface area contributed by atoms with Crippen LogP contribution in [-0.4, -0.2) is 76.5 Å². The van der Waals surface area contributed by atoms with E-state index in [0.29, 0.717) is 35.5 Å². The van der Waals surface area contributed by atoms with Gasteiger partial charge in [0.15, 0.2) is 11.5 Å². The van der Waals surface area contributed by atoms with Crippen LogP contribution in [0, 0.1) is 5.92 Å². The largest absolute Gasteiger partial charge is 0.493 e. The number of hydrogen-bond donors (Lipinski definition) is 2. The van der Waals surface area contributed by atoms with Crippen LogP contribution >= 0.6 is 0 Å². The van der Waals surface area contributed by atoms with Crippen LogP contribution in [0.1, 0.15) is 29.9 Å². The first kappa shape index (κ1) is 30.3. The van der Waals surface area contributed by atoms with Gasteiger partial charge in [-0.25, -0.2) is 4.98 Å². The van der Waals surface area contributed by atoms with Gasteiger partial charge in [-0.1, -0.05) is 13.8 Å². The van der Waals surface area contributed by atoms with Crippen LogP contribution in [0.25, 0.3) is 11.4 Å². The second-order valence-corrected chi connectivity index (χ2v) is 9.90. The molecule has 2 N–H and O–H groups in total. The molecular formula is C28H31F3N6O5. The molecule has 1 aliphatic heterocycles. The van der Waals surface area contributed by atoms with Crippen molar-refractivity contribution in [1.82, 2.24) is 30.1 Å². The summed E-state index contributed by atoms with van der Waals surface area (Å²) in [5.74, 6) is -0.635. The molecule has 0 fully saturated rings. The number of fused-ring (bicyclic) bond motifs is 4. The van der Waals surface area contributed by atoms with Gasteiger partial charge < -0.3 is 29.6 Å². The van der Waals surface area contributed by atoms with Crippen molar-refractivity contribution in [3.8, 4) is 22.9 Å². The Hall–Kier alpha value is -4.62. The van der Waals surface area contributed by atoms with Gasteiger partial charge >= 0.3 is 6.18 Å². The first-order valence-corrected chi connectivity index (χ1v) is 13.2. The highest BCUT2D eigenvalue weighted by Gasteiger charge is 2.33. The molecule has 3 heterocycles. The number of alkyl halides is 3. The number of nitrogens with zero attached hydrogens (tertiary/aromatic N) is 4. The SMILES string of the molecule is COc1ccc2cc1OCCN(C(=O)c1ccc(C(F)(F)F)nc1)CC(=O)N[C@H](C(C)C)C(=O)NCCn1ccnc1-2. The highest BCUT2D eigenvalue weighted by molar-refractivity contribution is 5.97. The Labute approximate surface area is 240 Å². The molecule has 0 aliphatic carbocycles. The minimum Gasteiger partial charge on any atom is -0.493 e. The molecule has 4 rings (SSSR count). The zero-order valence-corrected chi connectivity index (χ0v) is 23.3. The third kappa shape index (κ3) is 7.17. The molecule has 224 valence electrons. The molecule has 1 aliphatic rings. The Morgan fingerprint density at radius 2 is 1.93 bits per heavy atom. The van der Waals surface area contributed by atoms with Crippen LogP contribution in [0.5, 0.6) is 11.5 Å². The number of carbonyl (C=O) groups is 3. The van der Waals surface area contributed by atoms with Crippen molar-refractivity contribution in [2.75, 3.05) is 33.4 Å². The number of aromatic nitrogens is 3. The third-order valence-electron chi connectivity index (χ3n) is 6.60. The number of ether oxygens (including phenoxy) is 2. The van der Waals surface area contributed by atoms with Crippen molar-refractivity contribution in [3.05, 3.63) is 60.2 Å². The Balaban J connectivity index is 1.66. The molecule has 0 unspecified atom stereocenters. The van der Waals surface area contributed by atoms with Gasteiger partial charge in [0, 0.05) is 37.2 Å². The third-order valence-corrected chi connectivity index (χ3v) is 6.60. The van der Waals surface area contributed by atoms with E-state index >= 15 is 0 Å². The maximum absolute atomic E-state index is 13.3. The summed E-state index contributed by atoms with van der Waals surface area (Å²) in [6.07, 6.45) is -0.447. The summed E-state index contributed by atoms with van der Waals surface area (Å²) in [6, 6.07) is 6.04. The maximum Gasteiger partial charge on any atom is 0.433 e. The highest BCUT2D eigenvalue weighted by atomic mass is 19.4. The van der Waals surface area contributed by atoms with Gasteiger partial charge in [-0.2, -0.15) is 13.2 Å². The van der Waals surface area contributed by atoms with Gasteiger partial charge in [0.1, 0.15) is 24.2 Å². The number of benzene rings is 1. The van der Waals surface area contributed by atoms with E-state index in [1.807, 2.05) is 10.6 Å². The monoisotopic (exact) mass is 588 g/mol. The number of carbonyl (C=O) groups excluding carboxylic acids is 3.